The first-order chi connectivity index (χ1) is 16.4. The van der Waals surface area contributed by atoms with Gasteiger partial charge in [-0.05, 0) is 53.6 Å². The fourth-order valence-electron chi connectivity index (χ4n) is 3.86. The smallest absolute Gasteiger partial charge is 0.315 e. The van der Waals surface area contributed by atoms with E-state index in [-0.39, 0.29) is 17.7 Å². The number of rotatable bonds is 5. The van der Waals surface area contributed by atoms with Crippen LogP contribution in [0.15, 0.2) is 77.2 Å². The Morgan fingerprint density at radius 1 is 1.09 bits per heavy atom. The number of nitrogens with zero attached hydrogens (tertiary/aromatic N) is 1. The van der Waals surface area contributed by atoms with Crippen LogP contribution in [0.25, 0.3) is 11.1 Å². The zero-order valence-electron chi connectivity index (χ0n) is 17.4. The molecule has 0 radical (unpaired) electrons. The Bertz CT molecular complexity index is 1480. The molecule has 1 aliphatic rings. The number of halogens is 2. The van der Waals surface area contributed by atoms with Crippen molar-refractivity contribution >= 4 is 40.3 Å². The third kappa shape index (κ3) is 4.11. The van der Waals surface area contributed by atoms with Crippen molar-refractivity contribution in [3.05, 3.63) is 100 Å². The number of oxazole rings is 1. The van der Waals surface area contributed by atoms with E-state index in [0.29, 0.717) is 33.0 Å². The predicted octanol–water partition coefficient (Wildman–Crippen LogP) is 5.29. The minimum absolute atomic E-state index is 0.0809. The molecule has 2 heterocycles. The highest BCUT2D eigenvalue weighted by molar-refractivity contribution is 6.30. The summed E-state index contributed by atoms with van der Waals surface area (Å²) in [5.41, 5.74) is 2.61. The molecule has 3 aromatic carbocycles. The highest BCUT2D eigenvalue weighted by Gasteiger charge is 2.25. The lowest BCUT2D eigenvalue weighted by atomic mass is 9.91. The number of carbonyl (C=O) groups is 2. The van der Waals surface area contributed by atoms with Gasteiger partial charge in [0, 0.05) is 17.0 Å². The van der Waals surface area contributed by atoms with Crippen LogP contribution >= 0.6 is 11.6 Å². The maximum atomic E-state index is 14.9. The van der Waals surface area contributed by atoms with Crippen LogP contribution in [0.2, 0.25) is 5.02 Å². The number of amides is 1. The van der Waals surface area contributed by atoms with Crippen molar-refractivity contribution in [1.29, 1.82) is 0 Å². The van der Waals surface area contributed by atoms with E-state index in [0.717, 1.165) is 11.6 Å². The Kier molecular flexibility index (Phi) is 5.51. The summed E-state index contributed by atoms with van der Waals surface area (Å²) in [4.78, 5) is 28.7. The van der Waals surface area contributed by atoms with Crippen molar-refractivity contribution in [2.24, 2.45) is 0 Å². The number of carboxylic acids is 1. The summed E-state index contributed by atoms with van der Waals surface area (Å²) in [5, 5.41) is 12.8. The molecule has 2 N–H and O–H groups in total. The largest absolute Gasteiger partial charge is 0.481 e. The van der Waals surface area contributed by atoms with E-state index < -0.39 is 23.6 Å². The van der Waals surface area contributed by atoms with Crippen LogP contribution in [-0.2, 0) is 16.0 Å². The number of nitrogens with one attached hydrogen (secondary N) is 1. The maximum absolute atomic E-state index is 14.9. The van der Waals surface area contributed by atoms with Gasteiger partial charge in [0.05, 0.1) is 11.3 Å². The van der Waals surface area contributed by atoms with E-state index in [1.165, 1.54) is 24.8 Å². The fourth-order valence-corrected chi connectivity index (χ4v) is 4.06. The van der Waals surface area contributed by atoms with E-state index in [9.17, 15) is 19.1 Å². The van der Waals surface area contributed by atoms with Gasteiger partial charge in [0.15, 0.2) is 12.0 Å². The van der Waals surface area contributed by atoms with Gasteiger partial charge in [0.2, 0.25) is 0 Å². The van der Waals surface area contributed by atoms with Crippen molar-refractivity contribution in [3.8, 4) is 5.75 Å². The molecule has 0 fully saturated rings. The molecule has 170 valence electrons. The molecule has 1 aliphatic heterocycles. The Morgan fingerprint density at radius 2 is 1.88 bits per heavy atom. The lowest BCUT2D eigenvalue weighted by Gasteiger charge is -2.18. The number of carboxylic acid groups (broad SMARTS) is 1. The van der Waals surface area contributed by atoms with Crippen molar-refractivity contribution < 1.29 is 28.2 Å². The molecular formula is C25H16ClFN2O5. The van der Waals surface area contributed by atoms with Gasteiger partial charge in [-0.2, -0.15) is 0 Å². The normalized spacial score (nSPS) is 13.5. The Morgan fingerprint density at radius 3 is 2.68 bits per heavy atom. The van der Waals surface area contributed by atoms with Crippen LogP contribution in [0.5, 0.6) is 5.75 Å². The van der Waals surface area contributed by atoms with Crippen LogP contribution in [0.3, 0.4) is 0 Å². The second kappa shape index (κ2) is 8.64. The Hall–Kier alpha value is -4.17. The molecule has 7 nitrogen and oxygen atoms in total. The summed E-state index contributed by atoms with van der Waals surface area (Å²) in [6.45, 7) is 0. The van der Waals surface area contributed by atoms with Crippen LogP contribution in [0.1, 0.15) is 22.6 Å². The number of carbonyl (C=O) groups excluding carboxylic acids is 1. The van der Waals surface area contributed by atoms with E-state index in [1.807, 2.05) is 0 Å². The molecule has 0 bridgehead atoms. The standard InChI is InChI=1S/C25H16ClFN2O5/c26-17-3-6-21-15(8-17)7-16(11-33-21)24(30)29-19-4-1-13(9-18(19)27)23(25(31)32)14-2-5-22-20(10-14)28-12-34-22/h1-6,8-12,23H,7H2,(H,29,30)(H,31,32). The summed E-state index contributed by atoms with van der Waals surface area (Å²) in [7, 11) is 0. The maximum Gasteiger partial charge on any atom is 0.315 e. The topological polar surface area (TPSA) is 102 Å². The van der Waals surface area contributed by atoms with Gasteiger partial charge in [-0.15, -0.1) is 0 Å². The molecule has 5 rings (SSSR count). The molecule has 0 saturated carbocycles. The summed E-state index contributed by atoms with van der Waals surface area (Å²) < 4.78 is 25.6. The Labute approximate surface area is 197 Å². The molecule has 0 saturated heterocycles. The van der Waals surface area contributed by atoms with E-state index in [4.69, 9.17) is 20.8 Å². The van der Waals surface area contributed by atoms with Gasteiger partial charge < -0.3 is 19.6 Å². The first-order valence-electron chi connectivity index (χ1n) is 10.2. The number of aliphatic carboxylic acids is 1. The van der Waals surface area contributed by atoms with Gasteiger partial charge in [-0.1, -0.05) is 23.7 Å². The number of ether oxygens (including phenoxy) is 1. The SMILES string of the molecule is O=C(Nc1ccc(C(C(=O)O)c2ccc3ocnc3c2)cc1F)C1=COc2ccc(Cl)cc2C1. The van der Waals surface area contributed by atoms with Crippen molar-refractivity contribution in [2.45, 2.75) is 12.3 Å². The zero-order chi connectivity index (χ0) is 23.8. The molecule has 0 aliphatic carbocycles. The fraction of sp³-hybridized carbons (Fsp3) is 0.0800. The van der Waals surface area contributed by atoms with Crippen LogP contribution < -0.4 is 10.1 Å². The summed E-state index contributed by atoms with van der Waals surface area (Å²) in [5.74, 6) is -2.99. The minimum Gasteiger partial charge on any atom is -0.481 e. The van der Waals surface area contributed by atoms with Gasteiger partial charge in [0.1, 0.15) is 29.3 Å². The molecule has 4 aromatic rings. The predicted molar refractivity (Wildman–Crippen MR) is 122 cm³/mol. The summed E-state index contributed by atoms with van der Waals surface area (Å²) >= 11 is 6.01. The second-order valence-electron chi connectivity index (χ2n) is 7.73. The average molecular weight is 479 g/mol. The average Bonchev–Trinajstić information content (AvgIpc) is 3.28. The molecule has 9 heteroatoms. The molecule has 1 amide bonds. The molecule has 1 aromatic heterocycles. The Balaban J connectivity index is 1.37. The van der Waals surface area contributed by atoms with Crippen molar-refractivity contribution in [1.82, 2.24) is 4.98 Å². The highest BCUT2D eigenvalue weighted by atomic mass is 35.5. The van der Waals surface area contributed by atoms with Crippen molar-refractivity contribution in [3.63, 3.8) is 0 Å². The number of fused-ring (bicyclic) bond motifs is 2. The first-order valence-corrected chi connectivity index (χ1v) is 10.6. The first kappa shape index (κ1) is 21.7. The monoisotopic (exact) mass is 478 g/mol. The molecular weight excluding hydrogens is 463 g/mol. The van der Waals surface area contributed by atoms with Crippen molar-refractivity contribution in [2.75, 3.05) is 5.32 Å². The molecule has 1 atom stereocenters. The second-order valence-corrected chi connectivity index (χ2v) is 8.17. The molecule has 0 spiro atoms. The molecule has 34 heavy (non-hydrogen) atoms. The van der Waals surface area contributed by atoms with E-state index >= 15 is 0 Å². The van der Waals surface area contributed by atoms with Crippen LogP contribution in [0, 0.1) is 5.82 Å². The minimum atomic E-state index is -1.15. The lowest BCUT2D eigenvalue weighted by molar-refractivity contribution is -0.137. The number of hydrogen-bond acceptors (Lipinski definition) is 5. The third-order valence-electron chi connectivity index (χ3n) is 5.53. The third-order valence-corrected chi connectivity index (χ3v) is 5.77. The highest BCUT2D eigenvalue weighted by Crippen LogP contribution is 2.32. The van der Waals surface area contributed by atoms with Gasteiger partial charge in [-0.3, -0.25) is 9.59 Å². The number of hydrogen-bond donors (Lipinski definition) is 2. The van der Waals surface area contributed by atoms with E-state index in [1.54, 1.807) is 36.4 Å². The quantitative estimate of drug-likeness (QED) is 0.404. The number of benzene rings is 3. The van der Waals surface area contributed by atoms with E-state index in [2.05, 4.69) is 10.3 Å². The molecule has 1 unspecified atom stereocenters. The van der Waals surface area contributed by atoms with Crippen LogP contribution in [0.4, 0.5) is 10.1 Å². The van der Waals surface area contributed by atoms with Gasteiger partial charge in [-0.25, -0.2) is 9.37 Å². The summed E-state index contributed by atoms with van der Waals surface area (Å²) in [6.07, 6.45) is 2.85. The number of aromatic nitrogens is 1. The summed E-state index contributed by atoms with van der Waals surface area (Å²) in [6, 6.07) is 13.8. The lowest BCUT2D eigenvalue weighted by Crippen LogP contribution is -2.20. The van der Waals surface area contributed by atoms with Gasteiger partial charge >= 0.3 is 5.97 Å². The van der Waals surface area contributed by atoms with Crippen LogP contribution in [-0.4, -0.2) is 22.0 Å². The number of anilines is 1. The zero-order valence-corrected chi connectivity index (χ0v) is 18.2. The van der Waals surface area contributed by atoms with Gasteiger partial charge in [0.25, 0.3) is 5.91 Å².